The highest BCUT2D eigenvalue weighted by atomic mass is 16.5. The van der Waals surface area contributed by atoms with Crippen molar-refractivity contribution in [3.8, 4) is 0 Å². The molecule has 1 aliphatic carbocycles. The van der Waals surface area contributed by atoms with Crippen LogP contribution >= 0.6 is 0 Å². The molecule has 1 fully saturated rings. The van der Waals surface area contributed by atoms with Crippen LogP contribution in [0.1, 0.15) is 43.2 Å². The maximum Gasteiger partial charge on any atom is 0.191 e. The maximum atomic E-state index is 5.86. The van der Waals surface area contributed by atoms with Crippen LogP contribution in [0.15, 0.2) is 29.3 Å². The summed E-state index contributed by atoms with van der Waals surface area (Å²) in [5.41, 5.74) is 2.55. The standard InChI is InChI=1S/C18H29N3O/c1-15-8-10-16(11-9-15)14-21-18(19-2)20-12-5-13-22-17-6-3-4-7-17/h8-11,17H,3-7,12-14H2,1-2H3,(H2,19,20,21). The summed E-state index contributed by atoms with van der Waals surface area (Å²) < 4.78 is 5.86. The second kappa shape index (κ2) is 9.46. The molecule has 1 aromatic rings. The Morgan fingerprint density at radius 1 is 1.18 bits per heavy atom. The molecule has 1 aromatic carbocycles. The number of guanidine groups is 1. The van der Waals surface area contributed by atoms with Crippen molar-refractivity contribution in [3.05, 3.63) is 35.4 Å². The van der Waals surface area contributed by atoms with Crippen LogP contribution in [0, 0.1) is 6.92 Å². The fraction of sp³-hybridized carbons (Fsp3) is 0.611. The number of hydrogen-bond acceptors (Lipinski definition) is 2. The van der Waals surface area contributed by atoms with Crippen LogP contribution in [0.2, 0.25) is 0 Å². The van der Waals surface area contributed by atoms with Gasteiger partial charge in [0, 0.05) is 26.7 Å². The smallest absolute Gasteiger partial charge is 0.191 e. The third-order valence-electron chi connectivity index (χ3n) is 4.07. The van der Waals surface area contributed by atoms with Crippen molar-refractivity contribution in [2.24, 2.45) is 4.99 Å². The summed E-state index contributed by atoms with van der Waals surface area (Å²) in [5, 5.41) is 6.67. The van der Waals surface area contributed by atoms with Crippen LogP contribution < -0.4 is 10.6 Å². The normalized spacial score (nSPS) is 16.0. The molecule has 0 amide bonds. The van der Waals surface area contributed by atoms with E-state index in [2.05, 4.69) is 46.8 Å². The highest BCUT2D eigenvalue weighted by Crippen LogP contribution is 2.20. The number of aliphatic imine (C=N–C) groups is 1. The Hall–Kier alpha value is -1.55. The van der Waals surface area contributed by atoms with Gasteiger partial charge in [-0.25, -0.2) is 0 Å². The van der Waals surface area contributed by atoms with Gasteiger partial charge in [0.2, 0.25) is 0 Å². The van der Waals surface area contributed by atoms with Crippen LogP contribution in [-0.2, 0) is 11.3 Å². The van der Waals surface area contributed by atoms with Crippen molar-refractivity contribution in [1.29, 1.82) is 0 Å². The van der Waals surface area contributed by atoms with Gasteiger partial charge in [0.1, 0.15) is 0 Å². The van der Waals surface area contributed by atoms with E-state index >= 15 is 0 Å². The molecular formula is C18H29N3O. The van der Waals surface area contributed by atoms with Gasteiger partial charge in [0.05, 0.1) is 6.10 Å². The molecule has 0 bridgehead atoms. The highest BCUT2D eigenvalue weighted by Gasteiger charge is 2.14. The first kappa shape index (κ1) is 16.8. The fourth-order valence-corrected chi connectivity index (χ4v) is 2.70. The fourth-order valence-electron chi connectivity index (χ4n) is 2.70. The Bertz CT molecular complexity index is 450. The maximum absolute atomic E-state index is 5.86. The van der Waals surface area contributed by atoms with E-state index in [1.54, 1.807) is 7.05 Å². The molecular weight excluding hydrogens is 274 g/mol. The lowest BCUT2D eigenvalue weighted by atomic mass is 10.1. The van der Waals surface area contributed by atoms with Crippen LogP contribution in [0.3, 0.4) is 0 Å². The van der Waals surface area contributed by atoms with Crippen LogP contribution in [-0.4, -0.2) is 32.3 Å². The predicted molar refractivity (Wildman–Crippen MR) is 92.2 cm³/mol. The van der Waals surface area contributed by atoms with Crippen molar-refractivity contribution < 1.29 is 4.74 Å². The Morgan fingerprint density at radius 2 is 1.91 bits per heavy atom. The summed E-state index contributed by atoms with van der Waals surface area (Å²) in [7, 11) is 1.81. The van der Waals surface area contributed by atoms with Gasteiger partial charge >= 0.3 is 0 Å². The molecule has 0 saturated heterocycles. The van der Waals surface area contributed by atoms with Gasteiger partial charge in [-0.2, -0.15) is 0 Å². The van der Waals surface area contributed by atoms with Gasteiger partial charge < -0.3 is 15.4 Å². The molecule has 2 rings (SSSR count). The zero-order valence-corrected chi connectivity index (χ0v) is 13.9. The molecule has 1 aliphatic rings. The zero-order chi connectivity index (χ0) is 15.6. The van der Waals surface area contributed by atoms with E-state index in [0.717, 1.165) is 32.1 Å². The first-order chi connectivity index (χ1) is 10.8. The van der Waals surface area contributed by atoms with Gasteiger partial charge in [-0.1, -0.05) is 42.7 Å². The van der Waals surface area contributed by atoms with Crippen LogP contribution in [0.5, 0.6) is 0 Å². The number of aryl methyl sites for hydroxylation is 1. The molecule has 0 atom stereocenters. The van der Waals surface area contributed by atoms with Gasteiger partial charge in [0.15, 0.2) is 5.96 Å². The minimum atomic E-state index is 0.513. The summed E-state index contributed by atoms with van der Waals surface area (Å²) in [6.45, 7) is 4.62. The van der Waals surface area contributed by atoms with Gasteiger partial charge in [-0.05, 0) is 31.7 Å². The minimum Gasteiger partial charge on any atom is -0.378 e. The summed E-state index contributed by atoms with van der Waals surface area (Å²) >= 11 is 0. The topological polar surface area (TPSA) is 45.7 Å². The second-order valence-electron chi connectivity index (χ2n) is 5.97. The minimum absolute atomic E-state index is 0.513. The van der Waals surface area contributed by atoms with Crippen LogP contribution in [0.4, 0.5) is 0 Å². The number of hydrogen-bond donors (Lipinski definition) is 2. The molecule has 1 saturated carbocycles. The van der Waals surface area contributed by atoms with Crippen molar-refractivity contribution >= 4 is 5.96 Å². The van der Waals surface area contributed by atoms with E-state index < -0.39 is 0 Å². The summed E-state index contributed by atoms with van der Waals surface area (Å²) in [5.74, 6) is 0.849. The van der Waals surface area contributed by atoms with E-state index in [0.29, 0.717) is 6.10 Å². The largest absolute Gasteiger partial charge is 0.378 e. The van der Waals surface area contributed by atoms with Crippen LogP contribution in [0.25, 0.3) is 0 Å². The number of ether oxygens (including phenoxy) is 1. The van der Waals surface area contributed by atoms with E-state index in [1.165, 1.54) is 36.8 Å². The first-order valence-corrected chi connectivity index (χ1v) is 8.39. The molecule has 0 aromatic heterocycles. The number of rotatable bonds is 7. The van der Waals surface area contributed by atoms with Crippen molar-refractivity contribution in [2.45, 2.75) is 51.7 Å². The van der Waals surface area contributed by atoms with Gasteiger partial charge in [-0.15, -0.1) is 0 Å². The molecule has 0 radical (unpaired) electrons. The van der Waals surface area contributed by atoms with Crippen molar-refractivity contribution in [3.63, 3.8) is 0 Å². The number of nitrogens with one attached hydrogen (secondary N) is 2. The summed E-state index contributed by atoms with van der Waals surface area (Å²) in [4.78, 5) is 4.25. The van der Waals surface area contributed by atoms with E-state index in [1.807, 2.05) is 0 Å². The van der Waals surface area contributed by atoms with Crippen molar-refractivity contribution in [2.75, 3.05) is 20.2 Å². The van der Waals surface area contributed by atoms with E-state index in [9.17, 15) is 0 Å². The third-order valence-corrected chi connectivity index (χ3v) is 4.07. The first-order valence-electron chi connectivity index (χ1n) is 8.39. The monoisotopic (exact) mass is 303 g/mol. The van der Waals surface area contributed by atoms with Gasteiger partial charge in [0.25, 0.3) is 0 Å². The van der Waals surface area contributed by atoms with E-state index in [-0.39, 0.29) is 0 Å². The SMILES string of the molecule is CN=C(NCCCOC1CCCC1)NCc1ccc(C)cc1. The lowest BCUT2D eigenvalue weighted by Crippen LogP contribution is -2.37. The molecule has 0 unspecified atom stereocenters. The van der Waals surface area contributed by atoms with E-state index in [4.69, 9.17) is 4.74 Å². The second-order valence-corrected chi connectivity index (χ2v) is 5.97. The average molecular weight is 303 g/mol. The third kappa shape index (κ3) is 6.06. The Kier molecular flexibility index (Phi) is 7.23. The molecule has 4 nitrogen and oxygen atoms in total. The highest BCUT2D eigenvalue weighted by molar-refractivity contribution is 5.79. The molecule has 4 heteroatoms. The number of nitrogens with zero attached hydrogens (tertiary/aromatic N) is 1. The van der Waals surface area contributed by atoms with Crippen molar-refractivity contribution in [1.82, 2.24) is 10.6 Å². The lowest BCUT2D eigenvalue weighted by molar-refractivity contribution is 0.0574. The Labute approximate surface area is 134 Å². The average Bonchev–Trinajstić information content (AvgIpc) is 3.05. The Morgan fingerprint density at radius 3 is 2.59 bits per heavy atom. The lowest BCUT2D eigenvalue weighted by Gasteiger charge is -2.13. The summed E-state index contributed by atoms with van der Waals surface area (Å²) in [6, 6.07) is 8.55. The molecule has 2 N–H and O–H groups in total. The predicted octanol–water partition coefficient (Wildman–Crippen LogP) is 3.01. The zero-order valence-electron chi connectivity index (χ0n) is 13.9. The molecule has 122 valence electrons. The molecule has 22 heavy (non-hydrogen) atoms. The number of benzene rings is 1. The quantitative estimate of drug-likeness (QED) is 0.462. The molecule has 0 heterocycles. The summed E-state index contributed by atoms with van der Waals surface area (Å²) in [6.07, 6.45) is 6.68. The van der Waals surface area contributed by atoms with Gasteiger partial charge in [-0.3, -0.25) is 4.99 Å². The molecule has 0 aliphatic heterocycles. The Balaban J connectivity index is 1.57. The molecule has 0 spiro atoms.